The van der Waals surface area contributed by atoms with Crippen molar-refractivity contribution in [3.05, 3.63) is 41.8 Å². The molecule has 4 rings (SSSR count). The maximum Gasteiger partial charge on any atom is 0.228 e. The fourth-order valence-corrected chi connectivity index (χ4v) is 4.44. The fourth-order valence-electron chi connectivity index (χ4n) is 4.44. The molecule has 2 aliphatic rings. The van der Waals surface area contributed by atoms with Crippen LogP contribution in [-0.4, -0.2) is 55.2 Å². The molecule has 1 amide bonds. The van der Waals surface area contributed by atoms with Gasteiger partial charge in [0.1, 0.15) is 5.82 Å². The molecular weight excluding hydrogens is 397 g/mol. The van der Waals surface area contributed by atoms with Gasteiger partial charge in [-0.25, -0.2) is 9.37 Å². The highest BCUT2D eigenvalue weighted by Crippen LogP contribution is 2.26. The monoisotopic (exact) mass is 427 g/mol. The van der Waals surface area contributed by atoms with Crippen molar-refractivity contribution in [1.82, 2.24) is 15.3 Å². The van der Waals surface area contributed by atoms with Crippen molar-refractivity contribution in [3.63, 3.8) is 0 Å². The Kier molecular flexibility index (Phi) is 6.53. The molecule has 3 heterocycles. The lowest BCUT2D eigenvalue weighted by atomic mass is 9.95. The highest BCUT2D eigenvalue weighted by atomic mass is 19.1. The summed E-state index contributed by atoms with van der Waals surface area (Å²) in [5, 5.41) is 3.22. The normalized spacial score (nSPS) is 19.9. The minimum Gasteiger partial charge on any atom is -0.481 e. The van der Waals surface area contributed by atoms with E-state index >= 15 is 0 Å². The Balaban J connectivity index is 1.31. The second-order valence-corrected chi connectivity index (χ2v) is 8.41. The van der Waals surface area contributed by atoms with E-state index < -0.39 is 0 Å². The zero-order chi connectivity index (χ0) is 21.8. The number of aryl methyl sites for hydroxylation is 1. The highest BCUT2D eigenvalue weighted by molar-refractivity contribution is 5.79. The molecule has 1 aromatic heterocycles. The standard InChI is InChI=1S/C23H30FN5O2/c1-16-5-6-19(24)20(14-16)29-11-3-4-18(15-29)26-22(30)17-8-12-28(13-9-17)23-25-10-7-21(27-23)31-2/h5-7,10,14,17-18H,3-4,8-9,11-13,15H2,1-2H3,(H,26,30). The van der Waals surface area contributed by atoms with Gasteiger partial charge in [-0.3, -0.25) is 4.79 Å². The number of anilines is 2. The Hall–Kier alpha value is -2.90. The molecule has 1 aromatic carbocycles. The summed E-state index contributed by atoms with van der Waals surface area (Å²) in [6.45, 7) is 4.89. The summed E-state index contributed by atoms with van der Waals surface area (Å²) >= 11 is 0. The maximum atomic E-state index is 14.3. The van der Waals surface area contributed by atoms with E-state index in [0.717, 1.165) is 50.9 Å². The van der Waals surface area contributed by atoms with Crippen molar-refractivity contribution >= 4 is 17.5 Å². The summed E-state index contributed by atoms with van der Waals surface area (Å²) in [6.07, 6.45) is 5.06. The van der Waals surface area contributed by atoms with Gasteiger partial charge >= 0.3 is 0 Å². The topological polar surface area (TPSA) is 70.6 Å². The van der Waals surface area contributed by atoms with Crippen LogP contribution in [0.15, 0.2) is 30.5 Å². The summed E-state index contributed by atoms with van der Waals surface area (Å²) < 4.78 is 19.5. The van der Waals surface area contributed by atoms with Crippen LogP contribution in [0, 0.1) is 18.7 Å². The molecule has 2 aliphatic heterocycles. The molecule has 0 aliphatic carbocycles. The average Bonchev–Trinajstić information content (AvgIpc) is 2.81. The number of ether oxygens (including phenoxy) is 1. The van der Waals surface area contributed by atoms with Gasteiger partial charge in [-0.1, -0.05) is 6.07 Å². The first kappa shape index (κ1) is 21.3. The van der Waals surface area contributed by atoms with Crippen LogP contribution >= 0.6 is 0 Å². The first-order valence-corrected chi connectivity index (χ1v) is 11.0. The van der Waals surface area contributed by atoms with Crippen molar-refractivity contribution in [2.24, 2.45) is 5.92 Å². The quantitative estimate of drug-likeness (QED) is 0.791. The lowest BCUT2D eigenvalue weighted by molar-refractivity contribution is -0.126. The lowest BCUT2D eigenvalue weighted by Crippen LogP contribution is -2.50. The van der Waals surface area contributed by atoms with Crippen LogP contribution in [0.25, 0.3) is 0 Å². The Labute approximate surface area is 182 Å². The SMILES string of the molecule is COc1ccnc(N2CCC(C(=O)NC3CCCN(c4cc(C)ccc4F)C3)CC2)n1. The number of aromatic nitrogens is 2. The van der Waals surface area contributed by atoms with E-state index in [2.05, 4.69) is 25.1 Å². The minimum absolute atomic E-state index is 0.0204. The van der Waals surface area contributed by atoms with E-state index in [1.807, 2.05) is 13.0 Å². The first-order chi connectivity index (χ1) is 15.0. The first-order valence-electron chi connectivity index (χ1n) is 11.0. The van der Waals surface area contributed by atoms with Crippen LogP contribution < -0.4 is 19.9 Å². The predicted molar refractivity (Wildman–Crippen MR) is 118 cm³/mol. The number of amides is 1. The molecule has 2 aromatic rings. The zero-order valence-electron chi connectivity index (χ0n) is 18.2. The number of benzene rings is 1. The second kappa shape index (κ2) is 9.49. The number of nitrogens with zero attached hydrogens (tertiary/aromatic N) is 4. The number of hydrogen-bond donors (Lipinski definition) is 1. The largest absolute Gasteiger partial charge is 0.481 e. The molecule has 8 heteroatoms. The molecule has 166 valence electrons. The van der Waals surface area contributed by atoms with Crippen LogP contribution in [0.1, 0.15) is 31.2 Å². The average molecular weight is 428 g/mol. The van der Waals surface area contributed by atoms with Crippen molar-refractivity contribution in [1.29, 1.82) is 0 Å². The Morgan fingerprint density at radius 3 is 2.74 bits per heavy atom. The van der Waals surface area contributed by atoms with Gasteiger partial charge in [-0.15, -0.1) is 0 Å². The minimum atomic E-state index is -0.204. The van der Waals surface area contributed by atoms with Crippen LogP contribution in [0.5, 0.6) is 5.88 Å². The number of hydrogen-bond acceptors (Lipinski definition) is 6. The highest BCUT2D eigenvalue weighted by Gasteiger charge is 2.29. The fraction of sp³-hybridized carbons (Fsp3) is 0.522. The van der Waals surface area contributed by atoms with Crippen molar-refractivity contribution in [3.8, 4) is 5.88 Å². The van der Waals surface area contributed by atoms with E-state index in [1.165, 1.54) is 6.07 Å². The molecule has 7 nitrogen and oxygen atoms in total. The molecule has 1 unspecified atom stereocenters. The third-order valence-electron chi connectivity index (χ3n) is 6.19. The van der Waals surface area contributed by atoms with Crippen LogP contribution in [0.3, 0.4) is 0 Å². The number of halogens is 1. The Bertz CT molecular complexity index is 917. The smallest absolute Gasteiger partial charge is 0.228 e. The van der Waals surface area contributed by atoms with Gasteiger partial charge in [0, 0.05) is 50.4 Å². The van der Waals surface area contributed by atoms with E-state index in [1.54, 1.807) is 25.4 Å². The van der Waals surface area contributed by atoms with Crippen LogP contribution in [0.2, 0.25) is 0 Å². The van der Waals surface area contributed by atoms with E-state index in [4.69, 9.17) is 4.74 Å². The zero-order valence-corrected chi connectivity index (χ0v) is 18.2. The van der Waals surface area contributed by atoms with Gasteiger partial charge in [-0.05, 0) is 50.3 Å². The molecule has 2 saturated heterocycles. The molecule has 0 radical (unpaired) electrons. The third-order valence-corrected chi connectivity index (χ3v) is 6.19. The summed E-state index contributed by atoms with van der Waals surface area (Å²) in [7, 11) is 1.59. The van der Waals surface area contributed by atoms with Crippen molar-refractivity contribution < 1.29 is 13.9 Å². The summed E-state index contributed by atoms with van der Waals surface area (Å²) in [4.78, 5) is 25.8. The van der Waals surface area contributed by atoms with Gasteiger partial charge in [0.25, 0.3) is 0 Å². The molecule has 0 bridgehead atoms. The summed E-state index contributed by atoms with van der Waals surface area (Å²) in [5.41, 5.74) is 1.67. The van der Waals surface area contributed by atoms with Gasteiger partial charge in [0.15, 0.2) is 0 Å². The maximum absolute atomic E-state index is 14.3. The molecule has 31 heavy (non-hydrogen) atoms. The van der Waals surface area contributed by atoms with Crippen LogP contribution in [0.4, 0.5) is 16.0 Å². The Morgan fingerprint density at radius 2 is 1.97 bits per heavy atom. The number of carbonyl (C=O) groups is 1. The molecule has 2 fully saturated rings. The van der Waals surface area contributed by atoms with E-state index in [9.17, 15) is 9.18 Å². The number of piperidine rings is 2. The predicted octanol–water partition coefficient (Wildman–Crippen LogP) is 2.93. The number of rotatable bonds is 5. The third kappa shape index (κ3) is 5.06. The Morgan fingerprint density at radius 1 is 1.16 bits per heavy atom. The van der Waals surface area contributed by atoms with Crippen molar-refractivity contribution in [2.75, 3.05) is 43.1 Å². The lowest BCUT2D eigenvalue weighted by Gasteiger charge is -2.36. The second-order valence-electron chi connectivity index (χ2n) is 8.41. The van der Waals surface area contributed by atoms with Crippen LogP contribution in [-0.2, 0) is 4.79 Å². The van der Waals surface area contributed by atoms with Gasteiger partial charge in [0.05, 0.1) is 12.8 Å². The van der Waals surface area contributed by atoms with E-state index in [0.29, 0.717) is 24.1 Å². The molecule has 0 saturated carbocycles. The van der Waals surface area contributed by atoms with Gasteiger partial charge < -0.3 is 19.9 Å². The molecule has 0 spiro atoms. The van der Waals surface area contributed by atoms with Gasteiger partial charge in [-0.2, -0.15) is 4.98 Å². The number of nitrogens with one attached hydrogen (secondary N) is 1. The van der Waals surface area contributed by atoms with Gasteiger partial charge in [0.2, 0.25) is 17.7 Å². The molecular formula is C23H30FN5O2. The van der Waals surface area contributed by atoms with Crippen molar-refractivity contribution in [2.45, 2.75) is 38.6 Å². The summed E-state index contributed by atoms with van der Waals surface area (Å²) in [5.74, 6) is 1.05. The number of methoxy groups -OCH3 is 1. The number of carbonyl (C=O) groups excluding carboxylic acids is 1. The molecule has 1 atom stereocenters. The molecule has 1 N–H and O–H groups in total. The summed E-state index contributed by atoms with van der Waals surface area (Å²) in [6, 6.07) is 6.95. The van der Waals surface area contributed by atoms with E-state index in [-0.39, 0.29) is 23.7 Å².